The van der Waals surface area contributed by atoms with Crippen molar-refractivity contribution in [3.05, 3.63) is 36.4 Å². The molecule has 0 spiro atoms. The molecule has 1 saturated heterocycles. The normalized spacial score (nSPS) is 16.1. The highest BCUT2D eigenvalue weighted by Crippen LogP contribution is 2.27. The summed E-state index contributed by atoms with van der Waals surface area (Å²) in [7, 11) is 0. The van der Waals surface area contributed by atoms with Gasteiger partial charge >= 0.3 is 0 Å². The Hall–Kier alpha value is -2.35. The first kappa shape index (κ1) is 12.7. The third-order valence-corrected chi connectivity index (χ3v) is 3.94. The van der Waals surface area contributed by atoms with Gasteiger partial charge in [0, 0.05) is 18.8 Å². The second-order valence-electron chi connectivity index (χ2n) is 5.35. The number of nitriles is 1. The Morgan fingerprint density at radius 1 is 1.20 bits per heavy atom. The van der Waals surface area contributed by atoms with Crippen LogP contribution >= 0.6 is 0 Å². The van der Waals surface area contributed by atoms with Crippen molar-refractivity contribution in [3.8, 4) is 11.8 Å². The van der Waals surface area contributed by atoms with Crippen molar-refractivity contribution in [2.75, 3.05) is 18.0 Å². The highest BCUT2D eigenvalue weighted by atomic mass is 15.2. The summed E-state index contributed by atoms with van der Waals surface area (Å²) in [4.78, 5) is 2.31. The Balaban J connectivity index is 1.91. The molecule has 1 aromatic heterocycles. The van der Waals surface area contributed by atoms with Crippen LogP contribution < -0.4 is 4.90 Å². The summed E-state index contributed by atoms with van der Waals surface area (Å²) in [6, 6.07) is 8.25. The molecule has 0 unspecified atom stereocenters. The molecule has 5 heteroatoms. The van der Waals surface area contributed by atoms with Crippen LogP contribution in [0.1, 0.15) is 25.3 Å². The summed E-state index contributed by atoms with van der Waals surface area (Å²) in [5, 5.41) is 17.0. The molecule has 5 nitrogen and oxygen atoms in total. The van der Waals surface area contributed by atoms with Gasteiger partial charge in [-0.3, -0.25) is 4.57 Å². The number of nitrogens with zero attached hydrogens (tertiary/aromatic N) is 5. The molecular weight excluding hydrogens is 250 g/mol. The maximum Gasteiger partial charge on any atom is 0.123 e. The molecule has 0 aliphatic carbocycles. The number of hydrogen-bond donors (Lipinski definition) is 0. The highest BCUT2D eigenvalue weighted by Gasteiger charge is 2.18. The maximum atomic E-state index is 9.41. The molecule has 0 saturated carbocycles. The number of hydrogen-bond acceptors (Lipinski definition) is 4. The average molecular weight is 267 g/mol. The molecule has 2 heterocycles. The molecule has 1 aromatic carbocycles. The smallest absolute Gasteiger partial charge is 0.123 e. The van der Waals surface area contributed by atoms with Crippen molar-refractivity contribution < 1.29 is 0 Å². The number of piperidine rings is 1. The van der Waals surface area contributed by atoms with Crippen molar-refractivity contribution >= 4 is 5.69 Å². The van der Waals surface area contributed by atoms with Gasteiger partial charge in [-0.15, -0.1) is 10.2 Å². The van der Waals surface area contributed by atoms with E-state index >= 15 is 0 Å². The lowest BCUT2D eigenvalue weighted by molar-refractivity contribution is 0.438. The summed E-state index contributed by atoms with van der Waals surface area (Å²) < 4.78 is 1.81. The number of rotatable bonds is 2. The van der Waals surface area contributed by atoms with E-state index in [2.05, 4.69) is 28.1 Å². The summed E-state index contributed by atoms with van der Waals surface area (Å²) in [5.74, 6) is 0.785. The van der Waals surface area contributed by atoms with Gasteiger partial charge in [0.15, 0.2) is 0 Å². The lowest BCUT2D eigenvalue weighted by Gasteiger charge is -2.32. The molecule has 0 radical (unpaired) electrons. The van der Waals surface area contributed by atoms with Crippen molar-refractivity contribution in [2.45, 2.75) is 19.8 Å². The molecule has 102 valence electrons. The zero-order valence-electron chi connectivity index (χ0n) is 11.5. The Kier molecular flexibility index (Phi) is 3.38. The molecule has 1 fully saturated rings. The van der Waals surface area contributed by atoms with Gasteiger partial charge in [0.25, 0.3) is 0 Å². The minimum Gasteiger partial charge on any atom is -0.370 e. The second kappa shape index (κ2) is 5.33. The van der Waals surface area contributed by atoms with Crippen molar-refractivity contribution in [3.63, 3.8) is 0 Å². The monoisotopic (exact) mass is 267 g/mol. The third kappa shape index (κ3) is 2.37. The van der Waals surface area contributed by atoms with Gasteiger partial charge in [-0.2, -0.15) is 5.26 Å². The van der Waals surface area contributed by atoms with Gasteiger partial charge in [0.1, 0.15) is 18.7 Å². The van der Waals surface area contributed by atoms with E-state index in [1.165, 1.54) is 12.8 Å². The quantitative estimate of drug-likeness (QED) is 0.838. The van der Waals surface area contributed by atoms with Crippen LogP contribution in [0.4, 0.5) is 5.69 Å². The largest absolute Gasteiger partial charge is 0.370 e. The topological polar surface area (TPSA) is 57.7 Å². The number of aromatic nitrogens is 3. The van der Waals surface area contributed by atoms with E-state index in [4.69, 9.17) is 0 Å². The summed E-state index contributed by atoms with van der Waals surface area (Å²) in [6.45, 7) is 4.35. The van der Waals surface area contributed by atoms with Crippen LogP contribution in [0.5, 0.6) is 0 Å². The lowest BCUT2D eigenvalue weighted by atomic mass is 9.98. The molecular formula is C15H17N5. The fraction of sp³-hybridized carbons (Fsp3) is 0.400. The van der Waals surface area contributed by atoms with Crippen LogP contribution in [0.25, 0.3) is 5.69 Å². The standard InChI is InChI=1S/C15H17N5/c1-12-4-6-19(7-5-12)15-3-2-14(8-13(15)9-16)20-10-17-18-11-20/h2-3,8,10-12H,4-7H2,1H3. The highest BCUT2D eigenvalue weighted by molar-refractivity contribution is 5.63. The molecule has 0 atom stereocenters. The zero-order chi connectivity index (χ0) is 13.9. The van der Waals surface area contributed by atoms with Crippen LogP contribution in [0.3, 0.4) is 0 Å². The van der Waals surface area contributed by atoms with Crippen LogP contribution in [-0.2, 0) is 0 Å². The van der Waals surface area contributed by atoms with Gasteiger partial charge in [-0.05, 0) is 37.0 Å². The average Bonchev–Trinajstić information content (AvgIpc) is 3.02. The van der Waals surface area contributed by atoms with E-state index in [0.29, 0.717) is 5.56 Å². The minimum atomic E-state index is 0.714. The summed E-state index contributed by atoms with van der Waals surface area (Å²) >= 11 is 0. The predicted octanol–water partition coefficient (Wildman–Crippen LogP) is 2.38. The van der Waals surface area contributed by atoms with Gasteiger partial charge < -0.3 is 4.90 Å². The Morgan fingerprint density at radius 3 is 2.55 bits per heavy atom. The molecule has 20 heavy (non-hydrogen) atoms. The van der Waals surface area contributed by atoms with Crippen LogP contribution in [0.2, 0.25) is 0 Å². The van der Waals surface area contributed by atoms with E-state index in [9.17, 15) is 5.26 Å². The molecule has 0 N–H and O–H groups in total. The van der Waals surface area contributed by atoms with Gasteiger partial charge in [-0.25, -0.2) is 0 Å². The van der Waals surface area contributed by atoms with Gasteiger partial charge in [0.2, 0.25) is 0 Å². The SMILES string of the molecule is CC1CCN(c2ccc(-n3cnnc3)cc2C#N)CC1. The Bertz CT molecular complexity index is 618. The maximum absolute atomic E-state index is 9.41. The molecule has 1 aliphatic heterocycles. The van der Waals surface area contributed by atoms with E-state index in [1.54, 1.807) is 12.7 Å². The lowest BCUT2D eigenvalue weighted by Crippen LogP contribution is -2.33. The predicted molar refractivity (Wildman–Crippen MR) is 76.7 cm³/mol. The third-order valence-electron chi connectivity index (χ3n) is 3.94. The van der Waals surface area contributed by atoms with E-state index in [-0.39, 0.29) is 0 Å². The van der Waals surface area contributed by atoms with Crippen molar-refractivity contribution in [1.82, 2.24) is 14.8 Å². The van der Waals surface area contributed by atoms with E-state index < -0.39 is 0 Å². The fourth-order valence-corrected chi connectivity index (χ4v) is 2.63. The summed E-state index contributed by atoms with van der Waals surface area (Å²) in [6.07, 6.45) is 5.66. The molecule has 0 amide bonds. The van der Waals surface area contributed by atoms with Crippen LogP contribution in [0, 0.1) is 17.2 Å². The Morgan fingerprint density at radius 2 is 1.90 bits per heavy atom. The first-order valence-electron chi connectivity index (χ1n) is 6.92. The van der Waals surface area contributed by atoms with E-state index in [1.807, 2.05) is 22.8 Å². The number of anilines is 1. The first-order chi connectivity index (χ1) is 9.78. The van der Waals surface area contributed by atoms with E-state index in [0.717, 1.165) is 30.4 Å². The Labute approximate surface area is 118 Å². The number of benzene rings is 1. The first-order valence-corrected chi connectivity index (χ1v) is 6.92. The fourth-order valence-electron chi connectivity index (χ4n) is 2.63. The molecule has 3 rings (SSSR count). The molecule has 1 aliphatic rings. The molecule has 0 bridgehead atoms. The minimum absolute atomic E-state index is 0.714. The van der Waals surface area contributed by atoms with Crippen molar-refractivity contribution in [2.24, 2.45) is 5.92 Å². The van der Waals surface area contributed by atoms with Gasteiger partial charge in [0.05, 0.1) is 11.3 Å². The second-order valence-corrected chi connectivity index (χ2v) is 5.35. The molecule has 2 aromatic rings. The summed E-state index contributed by atoms with van der Waals surface area (Å²) in [5.41, 5.74) is 2.67. The van der Waals surface area contributed by atoms with Crippen LogP contribution in [0.15, 0.2) is 30.9 Å². The zero-order valence-corrected chi connectivity index (χ0v) is 11.5. The van der Waals surface area contributed by atoms with Gasteiger partial charge in [-0.1, -0.05) is 6.92 Å². The van der Waals surface area contributed by atoms with Crippen molar-refractivity contribution in [1.29, 1.82) is 5.26 Å². The van der Waals surface area contributed by atoms with Crippen LogP contribution in [-0.4, -0.2) is 27.9 Å².